The molecule has 0 fully saturated rings. The van der Waals surface area contributed by atoms with Crippen molar-refractivity contribution in [2.45, 2.75) is 53.5 Å². The zero-order valence-electron chi connectivity index (χ0n) is 15.5. The van der Waals surface area contributed by atoms with Gasteiger partial charge in [0, 0.05) is 25.4 Å². The molecule has 0 radical (unpaired) electrons. The normalized spacial score (nSPS) is 12.2. The van der Waals surface area contributed by atoms with Crippen LogP contribution in [0.3, 0.4) is 0 Å². The number of aromatic nitrogens is 3. The van der Waals surface area contributed by atoms with Gasteiger partial charge in [-0.25, -0.2) is 9.97 Å². The monoisotopic (exact) mass is 324 g/mol. The summed E-state index contributed by atoms with van der Waals surface area (Å²) in [6.07, 6.45) is 3.35. The van der Waals surface area contributed by atoms with Crippen LogP contribution in [0.1, 0.15) is 46.4 Å². The maximum absolute atomic E-state index is 4.99. The summed E-state index contributed by atoms with van der Waals surface area (Å²) in [5, 5.41) is 4.42. The predicted molar refractivity (Wildman–Crippen MR) is 103 cm³/mol. The average molecular weight is 324 g/mol. The fourth-order valence-electron chi connectivity index (χ4n) is 3.23. The molecule has 0 amide bonds. The van der Waals surface area contributed by atoms with Gasteiger partial charge in [0.15, 0.2) is 5.82 Å². The minimum atomic E-state index is 0.193. The molecular formula is C20H28N4. The van der Waals surface area contributed by atoms with E-state index in [2.05, 4.69) is 55.8 Å². The Morgan fingerprint density at radius 2 is 1.88 bits per heavy atom. The first-order valence-corrected chi connectivity index (χ1v) is 8.90. The van der Waals surface area contributed by atoms with Gasteiger partial charge in [-0.1, -0.05) is 52.3 Å². The van der Waals surface area contributed by atoms with Crippen molar-refractivity contribution in [2.75, 3.05) is 12.4 Å². The van der Waals surface area contributed by atoms with Crippen molar-refractivity contribution < 1.29 is 0 Å². The first-order chi connectivity index (χ1) is 11.4. The zero-order valence-corrected chi connectivity index (χ0v) is 15.5. The lowest BCUT2D eigenvalue weighted by molar-refractivity contribution is 0.342. The highest BCUT2D eigenvalue weighted by molar-refractivity contribution is 6.07. The van der Waals surface area contributed by atoms with Crippen LogP contribution in [0.2, 0.25) is 0 Å². The number of nitrogens with zero attached hydrogens (tertiary/aromatic N) is 3. The molecule has 4 heteroatoms. The van der Waals surface area contributed by atoms with E-state index in [1.807, 2.05) is 13.1 Å². The maximum atomic E-state index is 4.99. The number of para-hydroxylation sites is 1. The zero-order chi connectivity index (χ0) is 17.3. The quantitative estimate of drug-likeness (QED) is 0.717. The van der Waals surface area contributed by atoms with E-state index in [1.54, 1.807) is 0 Å². The lowest BCUT2D eigenvalue weighted by atomic mass is 9.96. The summed E-state index contributed by atoms with van der Waals surface area (Å²) in [6.45, 7) is 10.0. The molecule has 24 heavy (non-hydrogen) atoms. The number of aryl methyl sites for hydroxylation is 1. The first kappa shape index (κ1) is 16.7. The van der Waals surface area contributed by atoms with Crippen LogP contribution in [-0.2, 0) is 13.0 Å². The van der Waals surface area contributed by atoms with Crippen LogP contribution >= 0.6 is 0 Å². The van der Waals surface area contributed by atoms with Crippen molar-refractivity contribution >= 4 is 27.8 Å². The highest BCUT2D eigenvalue weighted by Gasteiger charge is 2.21. The summed E-state index contributed by atoms with van der Waals surface area (Å²) < 4.78 is 2.43. The van der Waals surface area contributed by atoms with E-state index in [9.17, 15) is 0 Å². The second-order valence-electron chi connectivity index (χ2n) is 7.70. The van der Waals surface area contributed by atoms with Crippen molar-refractivity contribution in [2.24, 2.45) is 5.41 Å². The van der Waals surface area contributed by atoms with E-state index < -0.39 is 0 Å². The van der Waals surface area contributed by atoms with Crippen LogP contribution in [0.4, 0.5) is 5.82 Å². The number of fused-ring (bicyclic) bond motifs is 3. The molecule has 4 nitrogen and oxygen atoms in total. The lowest BCUT2D eigenvalue weighted by Gasteiger charge is -2.22. The standard InChI is InChI=1S/C20H28N4/c1-6-7-12-16-23-17-18(24(16)13-20(2,3)4)14-10-8-9-11-15(14)22-19(17)21-5/h8-11H,6-7,12-13H2,1-5H3,(H,21,22). The molecule has 0 bridgehead atoms. The minimum absolute atomic E-state index is 0.193. The summed E-state index contributed by atoms with van der Waals surface area (Å²) in [5.41, 5.74) is 3.42. The molecule has 3 aromatic rings. The number of rotatable bonds is 5. The van der Waals surface area contributed by atoms with Crippen molar-refractivity contribution in [3.05, 3.63) is 30.1 Å². The lowest BCUT2D eigenvalue weighted by Crippen LogP contribution is -2.17. The van der Waals surface area contributed by atoms with Crippen molar-refractivity contribution in [3.8, 4) is 0 Å². The first-order valence-electron chi connectivity index (χ1n) is 8.90. The Morgan fingerprint density at radius 3 is 2.54 bits per heavy atom. The third kappa shape index (κ3) is 3.10. The number of benzene rings is 1. The smallest absolute Gasteiger partial charge is 0.154 e. The van der Waals surface area contributed by atoms with E-state index >= 15 is 0 Å². The van der Waals surface area contributed by atoms with Crippen LogP contribution < -0.4 is 5.32 Å². The number of pyridine rings is 1. The van der Waals surface area contributed by atoms with Gasteiger partial charge in [-0.05, 0) is 17.9 Å². The maximum Gasteiger partial charge on any atom is 0.154 e. The van der Waals surface area contributed by atoms with Gasteiger partial charge in [-0.15, -0.1) is 0 Å². The van der Waals surface area contributed by atoms with Crippen molar-refractivity contribution in [1.82, 2.24) is 14.5 Å². The van der Waals surface area contributed by atoms with Gasteiger partial charge in [0.05, 0.1) is 11.0 Å². The molecule has 0 aliphatic heterocycles. The van der Waals surface area contributed by atoms with Gasteiger partial charge in [0.25, 0.3) is 0 Å². The molecular weight excluding hydrogens is 296 g/mol. The van der Waals surface area contributed by atoms with E-state index in [0.29, 0.717) is 0 Å². The number of unbranched alkanes of at least 4 members (excludes halogenated alkanes) is 1. The van der Waals surface area contributed by atoms with E-state index in [4.69, 9.17) is 9.97 Å². The molecule has 1 N–H and O–H groups in total. The molecule has 3 rings (SSSR count). The Kier molecular flexibility index (Phi) is 4.48. The van der Waals surface area contributed by atoms with Crippen LogP contribution in [0.15, 0.2) is 24.3 Å². The largest absolute Gasteiger partial charge is 0.371 e. The molecule has 128 valence electrons. The topological polar surface area (TPSA) is 42.7 Å². The number of hydrogen-bond acceptors (Lipinski definition) is 3. The summed E-state index contributed by atoms with van der Waals surface area (Å²) in [7, 11) is 1.92. The summed E-state index contributed by atoms with van der Waals surface area (Å²) >= 11 is 0. The third-order valence-corrected chi connectivity index (χ3v) is 4.29. The minimum Gasteiger partial charge on any atom is -0.371 e. The Labute approximate surface area is 144 Å². The highest BCUT2D eigenvalue weighted by Crippen LogP contribution is 2.32. The summed E-state index contributed by atoms with van der Waals surface area (Å²) in [6, 6.07) is 8.37. The van der Waals surface area contributed by atoms with Crippen LogP contribution in [-0.4, -0.2) is 21.6 Å². The van der Waals surface area contributed by atoms with Crippen LogP contribution in [0.25, 0.3) is 21.9 Å². The summed E-state index contributed by atoms with van der Waals surface area (Å²) in [4.78, 5) is 9.76. The molecule has 0 aliphatic carbocycles. The second kappa shape index (κ2) is 6.42. The second-order valence-corrected chi connectivity index (χ2v) is 7.70. The van der Waals surface area contributed by atoms with Crippen molar-refractivity contribution in [3.63, 3.8) is 0 Å². The summed E-state index contributed by atoms with van der Waals surface area (Å²) in [5.74, 6) is 2.05. The number of hydrogen-bond donors (Lipinski definition) is 1. The van der Waals surface area contributed by atoms with Gasteiger partial charge in [-0.3, -0.25) is 0 Å². The third-order valence-electron chi connectivity index (χ3n) is 4.29. The SMILES string of the molecule is CCCCc1nc2c(NC)nc3ccccc3c2n1CC(C)(C)C. The average Bonchev–Trinajstić information content (AvgIpc) is 2.89. The molecule has 2 aromatic heterocycles. The molecule has 1 aromatic carbocycles. The molecule has 0 saturated carbocycles. The van der Waals surface area contributed by atoms with E-state index in [-0.39, 0.29) is 5.41 Å². The van der Waals surface area contributed by atoms with Crippen LogP contribution in [0.5, 0.6) is 0 Å². The van der Waals surface area contributed by atoms with Gasteiger partial charge < -0.3 is 9.88 Å². The van der Waals surface area contributed by atoms with Gasteiger partial charge in [-0.2, -0.15) is 0 Å². The van der Waals surface area contributed by atoms with Crippen molar-refractivity contribution in [1.29, 1.82) is 0 Å². The van der Waals surface area contributed by atoms with Gasteiger partial charge in [0.2, 0.25) is 0 Å². The van der Waals surface area contributed by atoms with Gasteiger partial charge in [0.1, 0.15) is 11.3 Å². The molecule has 0 unspecified atom stereocenters. The predicted octanol–water partition coefficient (Wildman–Crippen LogP) is 5.01. The molecule has 0 saturated heterocycles. The fourth-order valence-corrected chi connectivity index (χ4v) is 3.23. The van der Waals surface area contributed by atoms with Gasteiger partial charge >= 0.3 is 0 Å². The number of nitrogens with one attached hydrogen (secondary N) is 1. The number of anilines is 1. The molecule has 0 aliphatic rings. The Balaban J connectivity index is 2.34. The molecule has 2 heterocycles. The van der Waals surface area contributed by atoms with E-state index in [0.717, 1.165) is 36.2 Å². The Bertz CT molecular complexity index is 855. The van der Waals surface area contributed by atoms with Crippen LogP contribution in [0, 0.1) is 5.41 Å². The highest BCUT2D eigenvalue weighted by atomic mass is 15.1. The molecule has 0 atom stereocenters. The Hall–Kier alpha value is -2.10. The fraction of sp³-hybridized carbons (Fsp3) is 0.500. The Morgan fingerprint density at radius 1 is 1.12 bits per heavy atom. The molecule has 0 spiro atoms. The van der Waals surface area contributed by atoms with E-state index in [1.165, 1.54) is 23.1 Å². The number of imidazole rings is 1.